The van der Waals surface area contributed by atoms with Crippen molar-refractivity contribution in [2.75, 3.05) is 39.6 Å². The zero-order valence-electron chi connectivity index (χ0n) is 17.7. The van der Waals surface area contributed by atoms with Crippen molar-refractivity contribution in [2.45, 2.75) is 79.8 Å². The predicted octanol–water partition coefficient (Wildman–Crippen LogP) is 3.94. The molecule has 5 nitrogen and oxygen atoms in total. The first kappa shape index (κ1) is 24.8. The van der Waals surface area contributed by atoms with Gasteiger partial charge in [-0.2, -0.15) is 0 Å². The highest BCUT2D eigenvalue weighted by Gasteiger charge is 2.16. The Morgan fingerprint density at radius 1 is 0.400 bits per heavy atom. The summed E-state index contributed by atoms with van der Waals surface area (Å²) in [7, 11) is 0. The molecule has 5 heteroatoms. The summed E-state index contributed by atoms with van der Waals surface area (Å²) >= 11 is 0. The standard InChI is InChI=1S/C20H42O5/c1-15(2)22-11-19(12-23-16(3)4)9-21-10-20(13-24-17(5)6)14-25-18(7)8/h15-20H,9-14H2,1-8H3. The fourth-order valence-electron chi connectivity index (χ4n) is 2.00. The van der Waals surface area contributed by atoms with Gasteiger partial charge in [-0.25, -0.2) is 0 Å². The van der Waals surface area contributed by atoms with Crippen molar-refractivity contribution < 1.29 is 23.7 Å². The van der Waals surface area contributed by atoms with Crippen molar-refractivity contribution in [2.24, 2.45) is 11.8 Å². The van der Waals surface area contributed by atoms with Gasteiger partial charge in [-0.1, -0.05) is 0 Å². The van der Waals surface area contributed by atoms with Crippen LogP contribution in [0.5, 0.6) is 0 Å². The molecule has 0 heterocycles. The van der Waals surface area contributed by atoms with E-state index in [1.165, 1.54) is 0 Å². The largest absolute Gasteiger partial charge is 0.381 e. The fourth-order valence-corrected chi connectivity index (χ4v) is 2.00. The first-order chi connectivity index (χ1) is 11.7. The van der Waals surface area contributed by atoms with Gasteiger partial charge in [0.15, 0.2) is 0 Å². The normalized spacial score (nSPS) is 12.7. The lowest BCUT2D eigenvalue weighted by Crippen LogP contribution is -2.29. The van der Waals surface area contributed by atoms with Crippen molar-refractivity contribution in [3.63, 3.8) is 0 Å². The molecule has 0 aliphatic rings. The van der Waals surface area contributed by atoms with Crippen LogP contribution in [-0.4, -0.2) is 64.1 Å². The Morgan fingerprint density at radius 2 is 0.640 bits per heavy atom. The molecule has 0 amide bonds. The van der Waals surface area contributed by atoms with Gasteiger partial charge >= 0.3 is 0 Å². The van der Waals surface area contributed by atoms with Gasteiger partial charge in [0.05, 0.1) is 64.1 Å². The van der Waals surface area contributed by atoms with E-state index < -0.39 is 0 Å². The summed E-state index contributed by atoms with van der Waals surface area (Å²) in [5.41, 5.74) is 0. The van der Waals surface area contributed by atoms with Crippen LogP contribution >= 0.6 is 0 Å². The zero-order valence-corrected chi connectivity index (χ0v) is 17.7. The lowest BCUT2D eigenvalue weighted by Gasteiger charge is -2.23. The lowest BCUT2D eigenvalue weighted by molar-refractivity contribution is -0.0611. The molecule has 0 rings (SSSR count). The van der Waals surface area contributed by atoms with E-state index in [0.29, 0.717) is 39.6 Å². The van der Waals surface area contributed by atoms with Crippen LogP contribution in [0.15, 0.2) is 0 Å². The predicted molar refractivity (Wildman–Crippen MR) is 102 cm³/mol. The van der Waals surface area contributed by atoms with E-state index in [0.717, 1.165) is 0 Å². The second kappa shape index (κ2) is 14.9. The summed E-state index contributed by atoms with van der Waals surface area (Å²) in [6.45, 7) is 20.2. The molecule has 0 saturated carbocycles. The van der Waals surface area contributed by atoms with Gasteiger partial charge in [-0.3, -0.25) is 0 Å². The molecule has 0 unspecified atom stereocenters. The lowest BCUT2D eigenvalue weighted by atomic mass is 10.1. The van der Waals surface area contributed by atoms with E-state index in [1.807, 2.05) is 55.4 Å². The Bertz CT molecular complexity index is 240. The van der Waals surface area contributed by atoms with E-state index >= 15 is 0 Å². The molecule has 0 aromatic carbocycles. The van der Waals surface area contributed by atoms with Gasteiger partial charge in [-0.15, -0.1) is 0 Å². The molecule has 0 aliphatic heterocycles. The summed E-state index contributed by atoms with van der Waals surface area (Å²) in [5, 5.41) is 0. The number of ether oxygens (including phenoxy) is 5. The molecule has 0 saturated heterocycles. The van der Waals surface area contributed by atoms with Crippen LogP contribution in [0.3, 0.4) is 0 Å². The molecule has 25 heavy (non-hydrogen) atoms. The molecule has 0 aliphatic carbocycles. The monoisotopic (exact) mass is 362 g/mol. The van der Waals surface area contributed by atoms with E-state index in [9.17, 15) is 0 Å². The first-order valence-electron chi connectivity index (χ1n) is 9.74. The first-order valence-corrected chi connectivity index (χ1v) is 9.74. The third-order valence-corrected chi connectivity index (χ3v) is 3.37. The van der Waals surface area contributed by atoms with E-state index in [2.05, 4.69) is 0 Å². The van der Waals surface area contributed by atoms with E-state index in [4.69, 9.17) is 23.7 Å². The average Bonchev–Trinajstić information content (AvgIpc) is 2.50. The molecule has 0 radical (unpaired) electrons. The second-order valence-electron chi connectivity index (χ2n) is 7.80. The maximum atomic E-state index is 5.97. The van der Waals surface area contributed by atoms with Crippen molar-refractivity contribution in [1.82, 2.24) is 0 Å². The van der Waals surface area contributed by atoms with Crippen LogP contribution in [0, 0.1) is 11.8 Å². The summed E-state index contributed by atoms with van der Waals surface area (Å²) in [6.07, 6.45) is 0.864. The van der Waals surface area contributed by atoms with Gasteiger partial charge < -0.3 is 23.7 Å². The quantitative estimate of drug-likeness (QED) is 0.416. The van der Waals surface area contributed by atoms with E-state index in [1.54, 1.807) is 0 Å². The van der Waals surface area contributed by atoms with E-state index in [-0.39, 0.29) is 36.3 Å². The fraction of sp³-hybridized carbons (Fsp3) is 1.00. The Labute approximate surface area is 155 Å². The van der Waals surface area contributed by atoms with Crippen LogP contribution in [0.2, 0.25) is 0 Å². The molecule has 0 N–H and O–H groups in total. The third kappa shape index (κ3) is 17.0. The van der Waals surface area contributed by atoms with Gasteiger partial charge in [-0.05, 0) is 55.4 Å². The molecular weight excluding hydrogens is 320 g/mol. The molecule has 0 aromatic rings. The molecule has 152 valence electrons. The summed E-state index contributed by atoms with van der Waals surface area (Å²) < 4.78 is 28.9. The van der Waals surface area contributed by atoms with Crippen LogP contribution in [0.4, 0.5) is 0 Å². The minimum atomic E-state index is 0.216. The SMILES string of the molecule is CC(C)OCC(COCC(COC(C)C)COC(C)C)COC(C)C. The maximum absolute atomic E-state index is 5.97. The van der Waals surface area contributed by atoms with Gasteiger partial charge in [0.25, 0.3) is 0 Å². The van der Waals surface area contributed by atoms with Crippen molar-refractivity contribution >= 4 is 0 Å². The Kier molecular flexibility index (Phi) is 14.8. The third-order valence-electron chi connectivity index (χ3n) is 3.37. The van der Waals surface area contributed by atoms with Crippen LogP contribution in [-0.2, 0) is 23.7 Å². The van der Waals surface area contributed by atoms with Gasteiger partial charge in [0, 0.05) is 11.8 Å². The van der Waals surface area contributed by atoms with Crippen LogP contribution < -0.4 is 0 Å². The summed E-state index contributed by atoms with van der Waals surface area (Å²) in [4.78, 5) is 0. The average molecular weight is 363 g/mol. The Balaban J connectivity index is 4.31. The Morgan fingerprint density at radius 3 is 0.840 bits per heavy atom. The smallest absolute Gasteiger partial charge is 0.0541 e. The van der Waals surface area contributed by atoms with Crippen LogP contribution in [0.1, 0.15) is 55.4 Å². The van der Waals surface area contributed by atoms with Crippen molar-refractivity contribution in [3.05, 3.63) is 0 Å². The van der Waals surface area contributed by atoms with Crippen LogP contribution in [0.25, 0.3) is 0 Å². The topological polar surface area (TPSA) is 46.2 Å². The molecule has 0 bridgehead atoms. The molecule has 0 aromatic heterocycles. The van der Waals surface area contributed by atoms with Gasteiger partial charge in [0.2, 0.25) is 0 Å². The highest BCUT2D eigenvalue weighted by atomic mass is 16.5. The summed E-state index contributed by atoms with van der Waals surface area (Å²) in [5.74, 6) is 0.477. The highest BCUT2D eigenvalue weighted by molar-refractivity contribution is 4.62. The molecule has 0 fully saturated rings. The highest BCUT2D eigenvalue weighted by Crippen LogP contribution is 2.08. The molecule has 0 spiro atoms. The number of hydrogen-bond acceptors (Lipinski definition) is 5. The minimum Gasteiger partial charge on any atom is -0.381 e. The molecule has 0 atom stereocenters. The van der Waals surface area contributed by atoms with Crippen molar-refractivity contribution in [1.29, 1.82) is 0 Å². The molecular formula is C20H42O5. The van der Waals surface area contributed by atoms with Crippen molar-refractivity contribution in [3.8, 4) is 0 Å². The minimum absolute atomic E-state index is 0.216. The second-order valence-corrected chi connectivity index (χ2v) is 7.80. The summed E-state index contributed by atoms with van der Waals surface area (Å²) in [6, 6.07) is 0. The Hall–Kier alpha value is -0.200. The number of hydrogen-bond donors (Lipinski definition) is 0. The number of rotatable bonds is 16. The zero-order chi connectivity index (χ0) is 19.2. The van der Waals surface area contributed by atoms with Gasteiger partial charge in [0.1, 0.15) is 0 Å². The maximum Gasteiger partial charge on any atom is 0.0541 e.